The van der Waals surface area contributed by atoms with Crippen molar-refractivity contribution < 1.29 is 0 Å². The summed E-state index contributed by atoms with van der Waals surface area (Å²) in [6.45, 7) is 7.65. The van der Waals surface area contributed by atoms with Gasteiger partial charge < -0.3 is 5.32 Å². The second-order valence-corrected chi connectivity index (χ2v) is 5.98. The molecular weight excluding hydrogens is 224 g/mol. The molecule has 0 aliphatic carbocycles. The van der Waals surface area contributed by atoms with Crippen molar-refractivity contribution >= 4 is 23.1 Å². The fourth-order valence-corrected chi connectivity index (χ4v) is 2.63. The third-order valence-electron chi connectivity index (χ3n) is 2.58. The number of hydrogen-bond acceptors (Lipinski definition) is 4. The first-order valence-electron chi connectivity index (χ1n) is 5.31. The lowest BCUT2D eigenvalue weighted by Crippen LogP contribution is -2.21. The average molecular weight is 244 g/mol. The molecule has 1 aromatic heterocycles. The number of nitrogens with zero attached hydrogens (tertiary/aromatic N) is 1. The Labute approximate surface area is 101 Å². The summed E-state index contributed by atoms with van der Waals surface area (Å²) in [5.41, 5.74) is 3.09. The first kappa shape index (κ1) is 13.0. The molecule has 0 saturated carbocycles. The lowest BCUT2D eigenvalue weighted by atomic mass is 10.2. The monoisotopic (exact) mass is 244 g/mol. The summed E-state index contributed by atoms with van der Waals surface area (Å²) in [6, 6.07) is 0.437. The number of thioether (sulfide) groups is 1. The molecule has 1 N–H and O–H groups in total. The maximum atomic E-state index is 4.27. The van der Waals surface area contributed by atoms with Gasteiger partial charge in [0, 0.05) is 16.2 Å². The van der Waals surface area contributed by atoms with Gasteiger partial charge in [0.1, 0.15) is 0 Å². The molecule has 2 unspecified atom stereocenters. The van der Waals surface area contributed by atoms with Crippen LogP contribution in [0.3, 0.4) is 0 Å². The normalized spacial score (nSPS) is 15.2. The summed E-state index contributed by atoms with van der Waals surface area (Å²) in [5.74, 6) is 0. The zero-order valence-electron chi connectivity index (χ0n) is 9.91. The number of thiazole rings is 1. The summed E-state index contributed by atoms with van der Waals surface area (Å²) >= 11 is 3.67. The van der Waals surface area contributed by atoms with Crippen LogP contribution in [-0.2, 0) is 0 Å². The van der Waals surface area contributed by atoms with Crippen molar-refractivity contribution in [2.75, 3.05) is 12.8 Å². The fourth-order valence-electron chi connectivity index (χ4n) is 1.44. The van der Waals surface area contributed by atoms with Crippen molar-refractivity contribution in [2.45, 2.75) is 38.5 Å². The molecular formula is C11H20N2S2. The summed E-state index contributed by atoms with van der Waals surface area (Å²) in [5, 5.41) is 4.29. The Kier molecular flexibility index (Phi) is 5.64. The zero-order valence-corrected chi connectivity index (χ0v) is 11.5. The van der Waals surface area contributed by atoms with Crippen LogP contribution in [0.15, 0.2) is 5.51 Å². The molecule has 2 atom stereocenters. The number of aromatic nitrogens is 1. The third kappa shape index (κ3) is 4.13. The smallest absolute Gasteiger partial charge is 0.0798 e. The maximum Gasteiger partial charge on any atom is 0.0798 e. The molecule has 0 radical (unpaired) electrons. The van der Waals surface area contributed by atoms with Gasteiger partial charge >= 0.3 is 0 Å². The minimum absolute atomic E-state index is 0.437. The van der Waals surface area contributed by atoms with Crippen LogP contribution in [0.4, 0.5) is 0 Å². The highest BCUT2D eigenvalue weighted by atomic mass is 32.2. The van der Waals surface area contributed by atoms with Crippen molar-refractivity contribution in [3.05, 3.63) is 16.1 Å². The van der Waals surface area contributed by atoms with Crippen molar-refractivity contribution in [1.82, 2.24) is 10.3 Å². The molecule has 0 aliphatic heterocycles. The predicted molar refractivity (Wildman–Crippen MR) is 70.9 cm³/mol. The Bertz CT molecular complexity index is 286. The van der Waals surface area contributed by atoms with E-state index in [9.17, 15) is 0 Å². The van der Waals surface area contributed by atoms with Crippen LogP contribution in [0.5, 0.6) is 0 Å². The predicted octanol–water partition coefficient (Wildman–Crippen LogP) is 3.24. The molecule has 0 aliphatic rings. The van der Waals surface area contributed by atoms with Crippen LogP contribution < -0.4 is 5.32 Å². The first-order valence-corrected chi connectivity index (χ1v) is 7.48. The molecule has 0 fully saturated rings. The van der Waals surface area contributed by atoms with Crippen LogP contribution in [0.1, 0.15) is 36.9 Å². The van der Waals surface area contributed by atoms with Gasteiger partial charge in [-0.05, 0) is 33.1 Å². The number of rotatable bonds is 6. The molecule has 15 heavy (non-hydrogen) atoms. The Morgan fingerprint density at radius 3 is 2.80 bits per heavy atom. The molecule has 1 rings (SSSR count). The second-order valence-electron chi connectivity index (χ2n) is 3.81. The van der Waals surface area contributed by atoms with E-state index < -0.39 is 0 Å². The Morgan fingerprint density at radius 1 is 1.53 bits per heavy atom. The highest BCUT2D eigenvalue weighted by molar-refractivity contribution is 7.99. The lowest BCUT2D eigenvalue weighted by Gasteiger charge is -2.14. The quantitative estimate of drug-likeness (QED) is 0.831. The van der Waals surface area contributed by atoms with Gasteiger partial charge in [0.05, 0.1) is 11.2 Å². The summed E-state index contributed by atoms with van der Waals surface area (Å²) in [4.78, 5) is 5.64. The lowest BCUT2D eigenvalue weighted by molar-refractivity contribution is 0.562. The molecule has 0 bridgehead atoms. The third-order valence-corrected chi connectivity index (χ3v) is 4.73. The average Bonchev–Trinajstić information content (AvgIpc) is 2.64. The van der Waals surface area contributed by atoms with E-state index >= 15 is 0 Å². The topological polar surface area (TPSA) is 24.9 Å². The highest BCUT2D eigenvalue weighted by Gasteiger charge is 2.10. The first-order chi connectivity index (χ1) is 7.15. The van der Waals surface area contributed by atoms with Crippen molar-refractivity contribution in [1.29, 1.82) is 0 Å². The van der Waals surface area contributed by atoms with E-state index in [-0.39, 0.29) is 0 Å². The Morgan fingerprint density at radius 2 is 2.27 bits per heavy atom. The SMILES string of the molecule is CSC(C)CCNC(C)c1scnc1C. The van der Waals surface area contributed by atoms with E-state index in [1.165, 1.54) is 11.3 Å². The minimum atomic E-state index is 0.437. The molecule has 86 valence electrons. The minimum Gasteiger partial charge on any atom is -0.309 e. The Hall–Kier alpha value is -0.0600. The zero-order chi connectivity index (χ0) is 11.3. The van der Waals surface area contributed by atoms with Crippen LogP contribution in [-0.4, -0.2) is 23.0 Å². The summed E-state index contributed by atoms with van der Waals surface area (Å²) in [7, 11) is 0. The van der Waals surface area contributed by atoms with Crippen molar-refractivity contribution in [2.24, 2.45) is 0 Å². The van der Waals surface area contributed by atoms with E-state index in [4.69, 9.17) is 0 Å². The van der Waals surface area contributed by atoms with E-state index in [1.807, 2.05) is 17.3 Å². The van der Waals surface area contributed by atoms with Crippen molar-refractivity contribution in [3.63, 3.8) is 0 Å². The Balaban J connectivity index is 2.31. The molecule has 2 nitrogen and oxygen atoms in total. The van der Waals surface area contributed by atoms with Gasteiger partial charge in [-0.25, -0.2) is 4.98 Å². The molecule has 4 heteroatoms. The largest absolute Gasteiger partial charge is 0.309 e. The van der Waals surface area contributed by atoms with E-state index in [0.29, 0.717) is 6.04 Å². The molecule has 1 heterocycles. The van der Waals surface area contributed by atoms with Crippen LogP contribution in [0, 0.1) is 6.92 Å². The number of hydrogen-bond donors (Lipinski definition) is 1. The molecule has 0 aromatic carbocycles. The number of nitrogens with one attached hydrogen (secondary N) is 1. The fraction of sp³-hybridized carbons (Fsp3) is 0.727. The van der Waals surface area contributed by atoms with Crippen LogP contribution in [0.25, 0.3) is 0 Å². The molecule has 0 spiro atoms. The van der Waals surface area contributed by atoms with Gasteiger partial charge in [0.15, 0.2) is 0 Å². The van der Waals surface area contributed by atoms with Crippen LogP contribution in [0.2, 0.25) is 0 Å². The van der Waals surface area contributed by atoms with Crippen molar-refractivity contribution in [3.8, 4) is 0 Å². The second kappa shape index (κ2) is 6.51. The van der Waals surface area contributed by atoms with Gasteiger partial charge in [-0.1, -0.05) is 6.92 Å². The summed E-state index contributed by atoms with van der Waals surface area (Å²) in [6.07, 6.45) is 3.39. The molecule has 1 aromatic rings. The van der Waals surface area contributed by atoms with Gasteiger partial charge in [-0.2, -0.15) is 11.8 Å². The molecule has 0 amide bonds. The highest BCUT2D eigenvalue weighted by Crippen LogP contribution is 2.21. The van der Waals surface area contributed by atoms with Gasteiger partial charge in [-0.15, -0.1) is 11.3 Å². The van der Waals surface area contributed by atoms with E-state index in [0.717, 1.165) is 17.5 Å². The molecule has 0 saturated heterocycles. The van der Waals surface area contributed by atoms with E-state index in [2.05, 4.69) is 37.3 Å². The number of aryl methyl sites for hydroxylation is 1. The van der Waals surface area contributed by atoms with Gasteiger partial charge in [0.2, 0.25) is 0 Å². The maximum absolute atomic E-state index is 4.27. The van der Waals surface area contributed by atoms with E-state index in [1.54, 1.807) is 11.3 Å². The summed E-state index contributed by atoms with van der Waals surface area (Å²) < 4.78 is 0. The van der Waals surface area contributed by atoms with Gasteiger partial charge in [0.25, 0.3) is 0 Å². The standard InChI is InChI=1S/C11H20N2S2/c1-8(14-4)5-6-12-9(2)11-10(3)13-7-15-11/h7-9,12H,5-6H2,1-4H3. The van der Waals surface area contributed by atoms with Gasteiger partial charge in [-0.3, -0.25) is 0 Å². The van der Waals surface area contributed by atoms with Crippen LogP contribution >= 0.6 is 23.1 Å².